The van der Waals surface area contributed by atoms with Gasteiger partial charge in [-0.05, 0) is 59.2 Å². The number of hydrogen-bond acceptors (Lipinski definition) is 6. The highest BCUT2D eigenvalue weighted by atomic mass is 16.3. The molecule has 0 saturated heterocycles. The summed E-state index contributed by atoms with van der Waals surface area (Å²) in [6.07, 6.45) is 4.03. The van der Waals surface area contributed by atoms with Crippen molar-refractivity contribution in [1.29, 1.82) is 0 Å². The fourth-order valence-electron chi connectivity index (χ4n) is 5.01. The minimum absolute atomic E-state index is 0.202. The van der Waals surface area contributed by atoms with Crippen LogP contribution in [0.4, 0.5) is 0 Å². The number of para-hydroxylation sites is 2. The average Bonchev–Trinajstić information content (AvgIpc) is 3.08. The molecule has 47 heavy (non-hydrogen) atoms. The highest BCUT2D eigenvalue weighted by Gasteiger charge is 2.15. The van der Waals surface area contributed by atoms with Gasteiger partial charge in [-0.2, -0.15) is 0 Å². The molecule has 0 spiro atoms. The Morgan fingerprint density at radius 1 is 0.574 bits per heavy atom. The molecule has 0 aliphatic rings. The minimum atomic E-state index is -0.834. The first-order valence-corrected chi connectivity index (χ1v) is 14.4. The van der Waals surface area contributed by atoms with Gasteiger partial charge < -0.3 is 10.2 Å². The van der Waals surface area contributed by atoms with Crippen molar-refractivity contribution in [2.75, 3.05) is 0 Å². The summed E-state index contributed by atoms with van der Waals surface area (Å²) in [4.78, 5) is 55.3. The number of aromatic amines is 2. The van der Waals surface area contributed by atoms with Gasteiger partial charge in [0.25, 0.3) is 11.1 Å². The number of H-pyrrole nitrogens is 2. The SMILES string of the molecule is O=c1[nH]c(=O)n(-c2ccccc2)c(O)c1C=C=C(C=Cc1c(O)n(-c2ccccc2)c(=O)[nH]c1=O)c1ccc(-c2ccccc2)cc1. The maximum absolute atomic E-state index is 12.8. The molecule has 10 nitrogen and oxygen atoms in total. The van der Waals surface area contributed by atoms with E-state index < -0.39 is 34.3 Å². The number of aromatic hydroxyl groups is 2. The fourth-order valence-corrected chi connectivity index (χ4v) is 5.01. The zero-order chi connectivity index (χ0) is 32.9. The van der Waals surface area contributed by atoms with Gasteiger partial charge >= 0.3 is 11.4 Å². The molecule has 0 aliphatic carbocycles. The molecule has 0 atom stereocenters. The van der Waals surface area contributed by atoms with Gasteiger partial charge in [0.1, 0.15) is 11.1 Å². The molecule has 0 saturated carbocycles. The second kappa shape index (κ2) is 13.0. The first kappa shape index (κ1) is 30.1. The van der Waals surface area contributed by atoms with Crippen LogP contribution in [0.1, 0.15) is 16.7 Å². The second-order valence-electron chi connectivity index (χ2n) is 10.3. The van der Waals surface area contributed by atoms with E-state index in [1.807, 2.05) is 54.6 Å². The van der Waals surface area contributed by atoms with E-state index in [0.29, 0.717) is 22.5 Å². The summed E-state index contributed by atoms with van der Waals surface area (Å²) < 4.78 is 1.93. The molecule has 4 aromatic carbocycles. The second-order valence-corrected chi connectivity index (χ2v) is 10.3. The van der Waals surface area contributed by atoms with E-state index in [0.717, 1.165) is 20.3 Å². The molecule has 6 aromatic rings. The van der Waals surface area contributed by atoms with Gasteiger partial charge in [0, 0.05) is 5.57 Å². The number of allylic oxidation sites excluding steroid dienone is 2. The first-order chi connectivity index (χ1) is 22.8. The Morgan fingerprint density at radius 3 is 1.55 bits per heavy atom. The lowest BCUT2D eigenvalue weighted by atomic mass is 10.00. The molecule has 0 bridgehead atoms. The van der Waals surface area contributed by atoms with E-state index in [1.54, 1.807) is 60.7 Å². The van der Waals surface area contributed by atoms with E-state index in [2.05, 4.69) is 15.7 Å². The molecule has 10 heteroatoms. The Bertz CT molecular complexity index is 2420. The molecule has 0 amide bonds. The van der Waals surface area contributed by atoms with Crippen molar-refractivity contribution in [2.45, 2.75) is 0 Å². The Kier molecular flexibility index (Phi) is 8.33. The van der Waals surface area contributed by atoms with Crippen molar-refractivity contribution < 1.29 is 10.2 Å². The van der Waals surface area contributed by atoms with Crippen LogP contribution >= 0.6 is 0 Å². The van der Waals surface area contributed by atoms with Crippen molar-refractivity contribution in [3.8, 4) is 34.3 Å². The van der Waals surface area contributed by atoms with E-state index in [9.17, 15) is 29.4 Å². The normalized spacial score (nSPS) is 10.9. The lowest BCUT2D eigenvalue weighted by molar-refractivity contribution is 0.429. The van der Waals surface area contributed by atoms with Gasteiger partial charge in [-0.25, -0.2) is 18.7 Å². The number of rotatable bonds is 7. The van der Waals surface area contributed by atoms with Crippen LogP contribution in [-0.2, 0) is 0 Å². The van der Waals surface area contributed by atoms with Crippen molar-refractivity contribution in [2.24, 2.45) is 0 Å². The number of nitrogens with zero attached hydrogens (tertiary/aromatic N) is 2. The smallest absolute Gasteiger partial charge is 0.335 e. The van der Waals surface area contributed by atoms with E-state index >= 15 is 0 Å². The Labute approximate surface area is 266 Å². The number of nitrogens with one attached hydrogen (secondary N) is 2. The van der Waals surface area contributed by atoms with Crippen LogP contribution in [0.5, 0.6) is 11.8 Å². The number of aromatic nitrogens is 4. The summed E-state index contributed by atoms with van der Waals surface area (Å²) in [7, 11) is 0. The lowest BCUT2D eigenvalue weighted by Crippen LogP contribution is -2.30. The Morgan fingerprint density at radius 2 is 1.02 bits per heavy atom. The largest absolute Gasteiger partial charge is 0.494 e. The first-order valence-electron chi connectivity index (χ1n) is 14.4. The van der Waals surface area contributed by atoms with Crippen LogP contribution in [0.3, 0.4) is 0 Å². The molecule has 230 valence electrons. The summed E-state index contributed by atoms with van der Waals surface area (Å²) in [5.74, 6) is -1.17. The Hall–Kier alpha value is -6.90. The van der Waals surface area contributed by atoms with Gasteiger partial charge in [0.15, 0.2) is 0 Å². The fraction of sp³-hybridized carbons (Fsp3) is 0. The van der Waals surface area contributed by atoms with Crippen molar-refractivity contribution in [1.82, 2.24) is 19.1 Å². The van der Waals surface area contributed by atoms with Crippen LogP contribution < -0.4 is 22.5 Å². The molecule has 2 heterocycles. The standard InChI is InChI=1S/C37H26N4O6/c42-32-30(34(44)40(36(46)38-32)28-12-6-2-7-13-28)22-20-27(26-18-16-25(17-19-26)24-10-4-1-5-11-24)21-23-31-33(43)39-37(47)41(35(31)45)29-14-8-3-9-15-29/h1-20,22-23,44-45H,(H,38,42,46)(H,39,43,47). The van der Waals surface area contributed by atoms with E-state index in [1.165, 1.54) is 18.2 Å². The van der Waals surface area contributed by atoms with Crippen molar-refractivity contribution in [3.05, 3.63) is 185 Å². The van der Waals surface area contributed by atoms with Crippen LogP contribution in [-0.4, -0.2) is 29.3 Å². The zero-order valence-corrected chi connectivity index (χ0v) is 24.6. The molecule has 0 aliphatic heterocycles. The van der Waals surface area contributed by atoms with Crippen LogP contribution in [0.25, 0.3) is 40.2 Å². The van der Waals surface area contributed by atoms with Gasteiger partial charge in [0.2, 0.25) is 11.8 Å². The predicted octanol–water partition coefficient (Wildman–Crippen LogP) is 4.85. The molecule has 0 fully saturated rings. The van der Waals surface area contributed by atoms with E-state index in [-0.39, 0.29) is 11.1 Å². The summed E-state index contributed by atoms with van der Waals surface area (Å²) in [6, 6.07) is 33.8. The predicted molar refractivity (Wildman–Crippen MR) is 181 cm³/mol. The summed E-state index contributed by atoms with van der Waals surface area (Å²) >= 11 is 0. The topological polar surface area (TPSA) is 150 Å². The number of hydrogen-bond donors (Lipinski definition) is 4. The van der Waals surface area contributed by atoms with Gasteiger partial charge in [-0.1, -0.05) is 91.0 Å². The highest BCUT2D eigenvalue weighted by molar-refractivity contribution is 5.82. The molecular weight excluding hydrogens is 596 g/mol. The molecule has 2 aromatic heterocycles. The molecular formula is C37H26N4O6. The Balaban J connectivity index is 1.51. The molecule has 0 unspecified atom stereocenters. The number of benzene rings is 4. The van der Waals surface area contributed by atoms with Crippen LogP contribution in [0.2, 0.25) is 0 Å². The quantitative estimate of drug-likeness (QED) is 0.148. The van der Waals surface area contributed by atoms with Crippen LogP contribution in [0.15, 0.2) is 146 Å². The summed E-state index contributed by atoms with van der Waals surface area (Å²) in [5.41, 5.74) is 2.85. The van der Waals surface area contributed by atoms with E-state index in [4.69, 9.17) is 0 Å². The highest BCUT2D eigenvalue weighted by Crippen LogP contribution is 2.25. The maximum atomic E-state index is 12.8. The molecule has 0 radical (unpaired) electrons. The third-order valence-corrected chi connectivity index (χ3v) is 7.36. The lowest BCUT2D eigenvalue weighted by Gasteiger charge is -2.10. The summed E-state index contributed by atoms with van der Waals surface area (Å²) in [5, 5.41) is 22.1. The summed E-state index contributed by atoms with van der Waals surface area (Å²) in [6.45, 7) is 0. The average molecular weight is 623 g/mol. The molecule has 4 N–H and O–H groups in total. The zero-order valence-electron chi connectivity index (χ0n) is 24.6. The van der Waals surface area contributed by atoms with Crippen molar-refractivity contribution in [3.63, 3.8) is 0 Å². The van der Waals surface area contributed by atoms with Gasteiger partial charge in [-0.3, -0.25) is 19.6 Å². The third kappa shape index (κ3) is 6.21. The van der Waals surface area contributed by atoms with Gasteiger partial charge in [-0.15, -0.1) is 5.73 Å². The third-order valence-electron chi connectivity index (χ3n) is 7.36. The van der Waals surface area contributed by atoms with Gasteiger partial charge in [0.05, 0.1) is 11.4 Å². The monoisotopic (exact) mass is 622 g/mol. The maximum Gasteiger partial charge on any atom is 0.335 e. The minimum Gasteiger partial charge on any atom is -0.494 e. The van der Waals surface area contributed by atoms with Crippen molar-refractivity contribution >= 4 is 17.7 Å². The van der Waals surface area contributed by atoms with Crippen LogP contribution in [0, 0.1) is 0 Å². The molecule has 6 rings (SSSR count).